The van der Waals surface area contributed by atoms with E-state index in [-0.39, 0.29) is 39.1 Å². The Morgan fingerprint density at radius 2 is 1.49 bits per heavy atom. The van der Waals surface area contributed by atoms with Gasteiger partial charge in [0.05, 0.1) is 29.8 Å². The van der Waals surface area contributed by atoms with Gasteiger partial charge in [0.25, 0.3) is 11.8 Å². The van der Waals surface area contributed by atoms with Gasteiger partial charge in [0.1, 0.15) is 23.1 Å². The maximum Gasteiger partial charge on any atom is 0.326 e. The number of anilines is 1. The average Bonchev–Trinajstić information content (AvgIpc) is 2.83. The number of aliphatic carboxylic acids is 1. The number of nitrogens with one attached hydrogen (secondary N) is 2. The number of hydrogen-bond acceptors (Lipinski definition) is 6. The topological polar surface area (TPSA) is 127 Å². The molecule has 3 N–H and O–H groups in total. The number of ether oxygens (including phenoxy) is 2. The summed E-state index contributed by atoms with van der Waals surface area (Å²) in [5.74, 6) is -1.88. The van der Waals surface area contributed by atoms with Crippen LogP contribution in [-0.2, 0) is 11.2 Å². The number of pyridine rings is 1. The van der Waals surface area contributed by atoms with Crippen LogP contribution in [0.2, 0.25) is 10.0 Å². The number of benzene rings is 2. The Kier molecular flexibility index (Phi) is 8.51. The van der Waals surface area contributed by atoms with E-state index in [1.807, 2.05) is 0 Å². The molecule has 0 radical (unpaired) electrons. The van der Waals surface area contributed by atoms with Gasteiger partial charge in [0.2, 0.25) is 0 Å². The molecule has 0 aliphatic rings. The molecule has 1 atom stereocenters. The fourth-order valence-electron chi connectivity index (χ4n) is 3.29. The van der Waals surface area contributed by atoms with E-state index in [1.165, 1.54) is 26.6 Å². The number of carboxylic acid groups (broad SMARTS) is 1. The van der Waals surface area contributed by atoms with Gasteiger partial charge in [-0.3, -0.25) is 14.6 Å². The first-order valence-corrected chi connectivity index (χ1v) is 10.9. The van der Waals surface area contributed by atoms with Crippen LogP contribution < -0.4 is 20.1 Å². The molecule has 0 bridgehead atoms. The lowest BCUT2D eigenvalue weighted by atomic mass is 10.0. The van der Waals surface area contributed by atoms with Crippen molar-refractivity contribution in [1.82, 2.24) is 10.3 Å². The molecule has 9 nitrogen and oxygen atoms in total. The number of amides is 2. The number of carbonyl (C=O) groups excluding carboxylic acids is 2. The molecule has 1 aromatic heterocycles. The molecule has 2 amide bonds. The molecule has 0 saturated heterocycles. The van der Waals surface area contributed by atoms with Gasteiger partial charge in [-0.2, -0.15) is 0 Å². The highest BCUT2D eigenvalue weighted by Gasteiger charge is 2.25. The molecule has 2 aromatic carbocycles. The second kappa shape index (κ2) is 11.5. The fraction of sp³-hybridized carbons (Fsp3) is 0.167. The Bertz CT molecular complexity index is 1210. The number of nitrogens with zero attached hydrogens (tertiary/aromatic N) is 1. The largest absolute Gasteiger partial charge is 0.496 e. The van der Waals surface area contributed by atoms with Crippen LogP contribution in [0.5, 0.6) is 11.5 Å². The van der Waals surface area contributed by atoms with E-state index in [0.717, 1.165) is 0 Å². The lowest BCUT2D eigenvalue weighted by Crippen LogP contribution is -2.42. The standard InChI is InChI=1S/C24H21Cl2N3O6/c1-34-18-4-3-5-19(35-2)21(18)23(31)29-17(24(32)33)10-13-6-8-14(9-7-13)28-22(30)20-15(25)11-27-12-16(20)26/h3-9,11-12,17H,10H2,1-2H3,(H,28,30)(H,29,31)(H,32,33). The van der Waals surface area contributed by atoms with E-state index in [9.17, 15) is 19.5 Å². The number of rotatable bonds is 9. The molecule has 0 aliphatic heterocycles. The van der Waals surface area contributed by atoms with Crippen LogP contribution in [0.1, 0.15) is 26.3 Å². The summed E-state index contributed by atoms with van der Waals surface area (Å²) in [5, 5.41) is 15.1. The summed E-state index contributed by atoms with van der Waals surface area (Å²) in [6, 6.07) is 10.0. The highest BCUT2D eigenvalue weighted by molar-refractivity contribution is 6.40. The third kappa shape index (κ3) is 6.20. The predicted octanol–water partition coefficient (Wildman–Crippen LogP) is 4.08. The number of carbonyl (C=O) groups is 3. The lowest BCUT2D eigenvalue weighted by molar-refractivity contribution is -0.139. The summed E-state index contributed by atoms with van der Waals surface area (Å²) in [6.07, 6.45) is 2.62. The number of aromatic nitrogens is 1. The molecule has 3 aromatic rings. The number of halogens is 2. The molecule has 3 rings (SSSR count). The van der Waals surface area contributed by atoms with E-state index in [2.05, 4.69) is 15.6 Å². The molecule has 1 heterocycles. The van der Waals surface area contributed by atoms with Crippen molar-refractivity contribution in [2.45, 2.75) is 12.5 Å². The monoisotopic (exact) mass is 517 g/mol. The lowest BCUT2D eigenvalue weighted by Gasteiger charge is -2.18. The van der Waals surface area contributed by atoms with E-state index in [0.29, 0.717) is 11.3 Å². The third-order valence-corrected chi connectivity index (χ3v) is 5.56. The van der Waals surface area contributed by atoms with Crippen molar-refractivity contribution in [2.75, 3.05) is 19.5 Å². The van der Waals surface area contributed by atoms with Crippen LogP contribution in [-0.4, -0.2) is 48.1 Å². The minimum Gasteiger partial charge on any atom is -0.496 e. The van der Waals surface area contributed by atoms with Gasteiger partial charge < -0.3 is 25.2 Å². The molecule has 35 heavy (non-hydrogen) atoms. The van der Waals surface area contributed by atoms with Crippen molar-refractivity contribution in [3.63, 3.8) is 0 Å². The predicted molar refractivity (Wildman–Crippen MR) is 131 cm³/mol. The smallest absolute Gasteiger partial charge is 0.326 e. The Hall–Kier alpha value is -3.82. The first-order valence-electron chi connectivity index (χ1n) is 10.2. The normalized spacial score (nSPS) is 11.3. The van der Waals surface area contributed by atoms with Crippen molar-refractivity contribution < 1.29 is 29.0 Å². The SMILES string of the molecule is COc1cccc(OC)c1C(=O)NC(Cc1ccc(NC(=O)c2c(Cl)cncc2Cl)cc1)C(=O)O. The zero-order valence-electron chi connectivity index (χ0n) is 18.7. The van der Waals surface area contributed by atoms with Crippen molar-refractivity contribution in [3.05, 3.63) is 81.6 Å². The summed E-state index contributed by atoms with van der Waals surface area (Å²) in [6.45, 7) is 0. The Morgan fingerprint density at radius 1 is 0.914 bits per heavy atom. The summed E-state index contributed by atoms with van der Waals surface area (Å²) in [5.41, 5.74) is 1.24. The van der Waals surface area contributed by atoms with Crippen molar-refractivity contribution in [3.8, 4) is 11.5 Å². The Labute approximate surface area is 211 Å². The van der Waals surface area contributed by atoms with Gasteiger partial charge in [-0.1, -0.05) is 41.4 Å². The van der Waals surface area contributed by atoms with Crippen LogP contribution in [0.15, 0.2) is 54.9 Å². The molecule has 0 spiro atoms. The average molecular weight is 518 g/mol. The van der Waals surface area contributed by atoms with Gasteiger partial charge in [-0.25, -0.2) is 4.79 Å². The molecule has 0 aliphatic carbocycles. The maximum atomic E-state index is 12.9. The highest BCUT2D eigenvalue weighted by atomic mass is 35.5. The second-order valence-electron chi connectivity index (χ2n) is 7.24. The molecule has 0 saturated carbocycles. The highest BCUT2D eigenvalue weighted by Crippen LogP contribution is 2.28. The quantitative estimate of drug-likeness (QED) is 0.390. The molecule has 182 valence electrons. The van der Waals surface area contributed by atoms with Crippen LogP contribution in [0.3, 0.4) is 0 Å². The van der Waals surface area contributed by atoms with Gasteiger partial charge in [0, 0.05) is 24.5 Å². The summed E-state index contributed by atoms with van der Waals surface area (Å²) >= 11 is 12.0. The van der Waals surface area contributed by atoms with Crippen molar-refractivity contribution >= 4 is 46.7 Å². The summed E-state index contributed by atoms with van der Waals surface area (Å²) < 4.78 is 10.4. The van der Waals surface area contributed by atoms with E-state index < -0.39 is 23.8 Å². The Morgan fingerprint density at radius 3 is 2.00 bits per heavy atom. The molecular formula is C24H21Cl2N3O6. The third-order valence-electron chi connectivity index (χ3n) is 4.99. The minimum absolute atomic E-state index is 0.00518. The van der Waals surface area contributed by atoms with Crippen LogP contribution >= 0.6 is 23.2 Å². The molecule has 1 unspecified atom stereocenters. The minimum atomic E-state index is -1.23. The van der Waals surface area contributed by atoms with E-state index >= 15 is 0 Å². The first kappa shape index (κ1) is 25.8. The first-order chi connectivity index (χ1) is 16.7. The van der Waals surface area contributed by atoms with Crippen LogP contribution in [0.4, 0.5) is 5.69 Å². The van der Waals surface area contributed by atoms with Crippen LogP contribution in [0.25, 0.3) is 0 Å². The summed E-state index contributed by atoms with van der Waals surface area (Å²) in [4.78, 5) is 41.0. The van der Waals surface area contributed by atoms with Crippen molar-refractivity contribution in [2.24, 2.45) is 0 Å². The van der Waals surface area contributed by atoms with Gasteiger partial charge in [0.15, 0.2) is 0 Å². The van der Waals surface area contributed by atoms with Gasteiger partial charge in [-0.15, -0.1) is 0 Å². The number of carboxylic acids is 1. The fourth-order valence-corrected chi connectivity index (χ4v) is 3.82. The molecular weight excluding hydrogens is 497 g/mol. The zero-order chi connectivity index (χ0) is 25.5. The molecule has 11 heteroatoms. The van der Waals surface area contributed by atoms with Crippen LogP contribution in [0, 0.1) is 0 Å². The van der Waals surface area contributed by atoms with Crippen molar-refractivity contribution in [1.29, 1.82) is 0 Å². The number of methoxy groups -OCH3 is 2. The number of hydrogen-bond donors (Lipinski definition) is 3. The molecule has 0 fully saturated rings. The van der Waals surface area contributed by atoms with E-state index in [1.54, 1.807) is 42.5 Å². The maximum absolute atomic E-state index is 12.9. The second-order valence-corrected chi connectivity index (χ2v) is 8.05. The van der Waals surface area contributed by atoms with Gasteiger partial charge in [-0.05, 0) is 29.8 Å². The van der Waals surface area contributed by atoms with Gasteiger partial charge >= 0.3 is 5.97 Å². The zero-order valence-corrected chi connectivity index (χ0v) is 20.2. The summed E-state index contributed by atoms with van der Waals surface area (Å²) in [7, 11) is 2.80. The van der Waals surface area contributed by atoms with E-state index in [4.69, 9.17) is 32.7 Å². The Balaban J connectivity index is 1.72.